The summed E-state index contributed by atoms with van der Waals surface area (Å²) in [5, 5.41) is 6.34. The average Bonchev–Trinajstić information content (AvgIpc) is 2.60. The van der Waals surface area contributed by atoms with Crippen LogP contribution >= 0.6 is 0 Å². The predicted octanol–water partition coefficient (Wildman–Crippen LogP) is -0.221. The van der Waals surface area contributed by atoms with Crippen molar-refractivity contribution in [2.24, 2.45) is 5.92 Å². The molecule has 0 aromatic carbocycles. The summed E-state index contributed by atoms with van der Waals surface area (Å²) in [5.74, 6) is 0.607. The van der Waals surface area contributed by atoms with Crippen LogP contribution in [0.25, 0.3) is 0 Å². The number of rotatable bonds is 2. The van der Waals surface area contributed by atoms with Crippen LogP contribution in [0, 0.1) is 5.92 Å². The summed E-state index contributed by atoms with van der Waals surface area (Å²) in [5.41, 5.74) is 0. The molecule has 0 bridgehead atoms. The summed E-state index contributed by atoms with van der Waals surface area (Å²) in [4.78, 5) is 13.8. The molecule has 3 fully saturated rings. The number of ether oxygens (including phenoxy) is 1. The topological polar surface area (TPSA) is 53.6 Å². The van der Waals surface area contributed by atoms with E-state index in [4.69, 9.17) is 4.74 Å². The molecule has 0 saturated carbocycles. The van der Waals surface area contributed by atoms with E-state index < -0.39 is 0 Å². The van der Waals surface area contributed by atoms with Crippen LogP contribution in [0.3, 0.4) is 0 Å². The van der Waals surface area contributed by atoms with Gasteiger partial charge in [-0.25, -0.2) is 4.79 Å². The number of nitrogens with zero attached hydrogens (tertiary/aromatic N) is 1. The Morgan fingerprint density at radius 3 is 2.62 bits per heavy atom. The Bertz CT molecular complexity index is 274. The van der Waals surface area contributed by atoms with E-state index >= 15 is 0 Å². The van der Waals surface area contributed by atoms with Crippen molar-refractivity contribution < 1.29 is 9.53 Å². The maximum atomic E-state index is 11.8. The highest BCUT2D eigenvalue weighted by atomic mass is 16.5. The SMILES string of the molecule is O=C1NC(C2CCOCC2)CN1C1CNC1. The molecule has 1 unspecified atom stereocenters. The Kier molecular flexibility index (Phi) is 2.73. The Morgan fingerprint density at radius 2 is 2.00 bits per heavy atom. The number of hydrogen-bond acceptors (Lipinski definition) is 3. The smallest absolute Gasteiger partial charge is 0.318 e. The molecule has 2 N–H and O–H groups in total. The number of hydrogen-bond donors (Lipinski definition) is 2. The predicted molar refractivity (Wildman–Crippen MR) is 59.2 cm³/mol. The van der Waals surface area contributed by atoms with Crippen LogP contribution in [-0.4, -0.2) is 55.9 Å². The molecular weight excluding hydrogens is 206 g/mol. The van der Waals surface area contributed by atoms with Gasteiger partial charge in [-0.05, 0) is 18.8 Å². The first-order valence-electron chi connectivity index (χ1n) is 6.20. The lowest BCUT2D eigenvalue weighted by Crippen LogP contribution is -2.58. The van der Waals surface area contributed by atoms with E-state index in [1.54, 1.807) is 0 Å². The first kappa shape index (κ1) is 10.4. The highest BCUT2D eigenvalue weighted by Gasteiger charge is 2.39. The number of urea groups is 1. The van der Waals surface area contributed by atoms with Crippen LogP contribution in [0.5, 0.6) is 0 Å². The molecule has 2 amide bonds. The van der Waals surface area contributed by atoms with Crippen LogP contribution in [0.2, 0.25) is 0 Å². The van der Waals surface area contributed by atoms with Crippen molar-refractivity contribution in [2.75, 3.05) is 32.8 Å². The Labute approximate surface area is 95.5 Å². The van der Waals surface area contributed by atoms with Gasteiger partial charge in [-0.15, -0.1) is 0 Å². The summed E-state index contributed by atoms with van der Waals surface area (Å²) in [6, 6.07) is 0.893. The van der Waals surface area contributed by atoms with Gasteiger partial charge in [0.1, 0.15) is 0 Å². The standard InChI is InChI=1S/C11H19N3O2/c15-11-13-10(8-1-3-16-4-2-8)7-14(11)9-5-12-6-9/h8-10,12H,1-7H2,(H,13,15). The van der Waals surface area contributed by atoms with Crippen molar-refractivity contribution in [3.63, 3.8) is 0 Å². The minimum Gasteiger partial charge on any atom is -0.381 e. The van der Waals surface area contributed by atoms with Gasteiger partial charge in [-0.3, -0.25) is 0 Å². The summed E-state index contributed by atoms with van der Waals surface area (Å²) in [7, 11) is 0. The molecule has 90 valence electrons. The molecule has 5 heteroatoms. The number of carbonyl (C=O) groups is 1. The molecule has 3 aliphatic rings. The highest BCUT2D eigenvalue weighted by Crippen LogP contribution is 2.24. The van der Waals surface area contributed by atoms with E-state index in [2.05, 4.69) is 10.6 Å². The molecule has 0 aromatic heterocycles. The molecule has 0 radical (unpaired) electrons. The fourth-order valence-corrected chi connectivity index (χ4v) is 2.78. The third-order valence-corrected chi connectivity index (χ3v) is 4.00. The molecule has 16 heavy (non-hydrogen) atoms. The van der Waals surface area contributed by atoms with Gasteiger partial charge in [0.05, 0.1) is 12.1 Å². The molecule has 3 aliphatic heterocycles. The van der Waals surface area contributed by atoms with Crippen LogP contribution in [0.15, 0.2) is 0 Å². The second-order valence-electron chi connectivity index (χ2n) is 4.97. The first-order valence-corrected chi connectivity index (χ1v) is 6.20. The molecule has 0 spiro atoms. The Morgan fingerprint density at radius 1 is 1.25 bits per heavy atom. The van der Waals surface area contributed by atoms with E-state index in [1.165, 1.54) is 0 Å². The van der Waals surface area contributed by atoms with Crippen LogP contribution < -0.4 is 10.6 Å². The van der Waals surface area contributed by atoms with Crippen molar-refractivity contribution in [1.82, 2.24) is 15.5 Å². The zero-order chi connectivity index (χ0) is 11.0. The largest absolute Gasteiger partial charge is 0.381 e. The summed E-state index contributed by atoms with van der Waals surface area (Å²) in [6.07, 6.45) is 2.17. The third-order valence-electron chi connectivity index (χ3n) is 4.00. The van der Waals surface area contributed by atoms with Gasteiger partial charge in [0.25, 0.3) is 0 Å². The van der Waals surface area contributed by atoms with Crippen LogP contribution in [0.1, 0.15) is 12.8 Å². The fraction of sp³-hybridized carbons (Fsp3) is 0.909. The second-order valence-corrected chi connectivity index (χ2v) is 4.97. The quantitative estimate of drug-likeness (QED) is 0.683. The summed E-state index contributed by atoms with van der Waals surface area (Å²) < 4.78 is 5.36. The number of amides is 2. The molecular formula is C11H19N3O2. The molecule has 1 atom stereocenters. The zero-order valence-electron chi connectivity index (χ0n) is 9.45. The van der Waals surface area contributed by atoms with Gasteiger partial charge in [0.15, 0.2) is 0 Å². The van der Waals surface area contributed by atoms with Gasteiger partial charge in [-0.2, -0.15) is 0 Å². The maximum Gasteiger partial charge on any atom is 0.318 e. The lowest BCUT2D eigenvalue weighted by molar-refractivity contribution is 0.0556. The molecule has 3 heterocycles. The van der Waals surface area contributed by atoms with Crippen molar-refractivity contribution in [2.45, 2.75) is 24.9 Å². The summed E-state index contributed by atoms with van der Waals surface area (Å²) >= 11 is 0. The van der Waals surface area contributed by atoms with E-state index in [9.17, 15) is 4.79 Å². The van der Waals surface area contributed by atoms with E-state index in [-0.39, 0.29) is 6.03 Å². The van der Waals surface area contributed by atoms with Crippen LogP contribution in [0.4, 0.5) is 4.79 Å². The van der Waals surface area contributed by atoms with Crippen molar-refractivity contribution >= 4 is 6.03 Å². The van der Waals surface area contributed by atoms with Crippen molar-refractivity contribution in [1.29, 1.82) is 0 Å². The first-order chi connectivity index (χ1) is 7.84. The average molecular weight is 225 g/mol. The van der Waals surface area contributed by atoms with E-state index in [1.807, 2.05) is 4.90 Å². The third kappa shape index (κ3) is 1.78. The van der Waals surface area contributed by atoms with Crippen molar-refractivity contribution in [3.8, 4) is 0 Å². The summed E-state index contributed by atoms with van der Waals surface area (Å²) in [6.45, 7) is 4.49. The minimum atomic E-state index is 0.128. The van der Waals surface area contributed by atoms with Gasteiger partial charge >= 0.3 is 6.03 Å². The molecule has 0 aliphatic carbocycles. The minimum absolute atomic E-state index is 0.128. The Balaban J connectivity index is 1.59. The van der Waals surface area contributed by atoms with Gasteiger partial charge in [-0.1, -0.05) is 0 Å². The molecule has 5 nitrogen and oxygen atoms in total. The lowest BCUT2D eigenvalue weighted by Gasteiger charge is -2.35. The second kappa shape index (κ2) is 4.22. The number of nitrogens with one attached hydrogen (secondary N) is 2. The molecule has 3 saturated heterocycles. The van der Waals surface area contributed by atoms with Crippen molar-refractivity contribution in [3.05, 3.63) is 0 Å². The number of carbonyl (C=O) groups excluding carboxylic acids is 1. The fourth-order valence-electron chi connectivity index (χ4n) is 2.78. The van der Waals surface area contributed by atoms with E-state index in [0.29, 0.717) is 18.0 Å². The molecule has 3 rings (SSSR count). The highest BCUT2D eigenvalue weighted by molar-refractivity contribution is 5.77. The zero-order valence-corrected chi connectivity index (χ0v) is 9.45. The van der Waals surface area contributed by atoms with E-state index in [0.717, 1.165) is 45.7 Å². The normalized spacial score (nSPS) is 32.6. The van der Waals surface area contributed by atoms with Gasteiger partial charge in [0.2, 0.25) is 0 Å². The molecule has 0 aromatic rings. The van der Waals surface area contributed by atoms with Crippen LogP contribution in [-0.2, 0) is 4.74 Å². The Hall–Kier alpha value is -0.810. The lowest BCUT2D eigenvalue weighted by atomic mass is 9.92. The maximum absolute atomic E-state index is 11.8. The van der Waals surface area contributed by atoms with Gasteiger partial charge in [0, 0.05) is 32.8 Å². The van der Waals surface area contributed by atoms with Gasteiger partial charge < -0.3 is 20.3 Å². The monoisotopic (exact) mass is 225 g/mol.